The summed E-state index contributed by atoms with van der Waals surface area (Å²) < 4.78 is 55.0. The van der Waals surface area contributed by atoms with Crippen molar-refractivity contribution in [3.8, 4) is 22.3 Å². The van der Waals surface area contributed by atoms with E-state index < -0.39 is 6.04 Å². The SMILES string of the molecule is [2H]c1c([2H])c([2H])c(-c2ccc3c(c2)N(c2ccc4c(c2)oc2ccccc24)c2cccc4c2B3c2sc3ccc(-c5ccccc5)cc3c2N4c2cccc3c2sc2ccccc23)c([2H])c1[2H]. The lowest BCUT2D eigenvalue weighted by Crippen LogP contribution is -2.60. The minimum Gasteiger partial charge on any atom is -0.456 e. The van der Waals surface area contributed by atoms with Crippen molar-refractivity contribution in [3.63, 3.8) is 0 Å². The van der Waals surface area contributed by atoms with E-state index in [9.17, 15) is 0 Å². The highest BCUT2D eigenvalue weighted by molar-refractivity contribution is 7.33. The van der Waals surface area contributed by atoms with Gasteiger partial charge in [-0.3, -0.25) is 0 Å². The van der Waals surface area contributed by atoms with Gasteiger partial charge in [0.15, 0.2) is 0 Å². The van der Waals surface area contributed by atoms with E-state index in [2.05, 4.69) is 149 Å². The highest BCUT2D eigenvalue weighted by atomic mass is 32.1. The first kappa shape index (κ1) is 29.8. The van der Waals surface area contributed by atoms with Crippen LogP contribution in [-0.4, -0.2) is 6.71 Å². The van der Waals surface area contributed by atoms with Crippen LogP contribution in [-0.2, 0) is 0 Å². The van der Waals surface area contributed by atoms with E-state index in [1.807, 2.05) is 53.0 Å². The molecule has 0 amide bonds. The summed E-state index contributed by atoms with van der Waals surface area (Å²) in [6, 6.07) is 58.3. The van der Waals surface area contributed by atoms with Gasteiger partial charge in [0.2, 0.25) is 0 Å². The average molecular weight is 830 g/mol. The lowest BCUT2D eigenvalue weighted by atomic mass is 9.36. The van der Waals surface area contributed by atoms with Crippen molar-refractivity contribution < 1.29 is 11.3 Å². The van der Waals surface area contributed by atoms with Crippen LogP contribution in [0.15, 0.2) is 204 Å². The monoisotopic (exact) mass is 829 g/mol. The number of hydrogen-bond acceptors (Lipinski definition) is 5. The van der Waals surface area contributed by atoms with Crippen LogP contribution in [0.2, 0.25) is 0 Å². The maximum atomic E-state index is 9.03. The standard InChI is InChI=1S/C56H33BN2OS2/c1-3-13-34(14-4-1)36-26-30-52-43(31-36)54-56(62-52)57-44-29-25-37(35-15-5-2-6-16-35)32-48(44)58(38-27-28-40-39-17-7-9-23-49(39)60-50(40)33-38)45-20-12-21-46(53(45)57)59(54)47-22-11-19-42-41-18-8-10-24-51(41)61-55(42)47/h1-33H/i2D,5D,6D,15D,16D. The maximum Gasteiger partial charge on any atom is 0.264 e. The van der Waals surface area contributed by atoms with Gasteiger partial charge in [0.05, 0.1) is 22.9 Å². The minimum atomic E-state index is -0.412. The van der Waals surface area contributed by atoms with Gasteiger partial charge in [-0.25, -0.2) is 0 Å². The lowest BCUT2D eigenvalue weighted by Gasteiger charge is -2.43. The second-order valence-electron chi connectivity index (χ2n) is 16.0. The Balaban J connectivity index is 1.09. The summed E-state index contributed by atoms with van der Waals surface area (Å²) in [5, 5.41) is 5.70. The van der Waals surface area contributed by atoms with Gasteiger partial charge in [-0.05, 0) is 93.8 Å². The van der Waals surface area contributed by atoms with Crippen molar-refractivity contribution >= 4 is 131 Å². The summed E-state index contributed by atoms with van der Waals surface area (Å²) in [4.78, 5) is 4.79. The molecule has 0 spiro atoms. The van der Waals surface area contributed by atoms with E-state index in [4.69, 9.17) is 11.3 Å². The van der Waals surface area contributed by atoms with Crippen LogP contribution in [0.5, 0.6) is 0 Å². The zero-order valence-electron chi connectivity index (χ0n) is 37.9. The molecule has 0 unspecified atom stereocenters. The van der Waals surface area contributed by atoms with Crippen LogP contribution in [0.4, 0.5) is 34.1 Å². The van der Waals surface area contributed by atoms with Crippen LogP contribution in [0.3, 0.4) is 0 Å². The Morgan fingerprint density at radius 2 is 1.16 bits per heavy atom. The fourth-order valence-corrected chi connectivity index (χ4v) is 12.6. The van der Waals surface area contributed by atoms with Crippen LogP contribution in [0.25, 0.3) is 74.5 Å². The van der Waals surface area contributed by atoms with Gasteiger partial charge in [-0.15, -0.1) is 22.7 Å². The number of benzene rings is 9. The third-order valence-electron chi connectivity index (χ3n) is 12.7. The molecule has 0 fully saturated rings. The van der Waals surface area contributed by atoms with E-state index >= 15 is 0 Å². The molecule has 0 saturated heterocycles. The maximum absolute atomic E-state index is 9.03. The summed E-state index contributed by atoms with van der Waals surface area (Å²) >= 11 is 3.65. The first-order valence-corrected chi connectivity index (χ1v) is 22.3. The topological polar surface area (TPSA) is 19.6 Å². The molecule has 0 aliphatic carbocycles. The molecule has 2 aliphatic heterocycles. The first-order chi connectivity index (χ1) is 32.8. The van der Waals surface area contributed by atoms with Gasteiger partial charge in [0, 0.05) is 69.9 Å². The molecule has 3 nitrogen and oxygen atoms in total. The Labute approximate surface area is 373 Å². The molecule has 0 N–H and O–H groups in total. The molecule has 9 aromatic carbocycles. The van der Waals surface area contributed by atoms with Gasteiger partial charge >= 0.3 is 0 Å². The molecule has 12 aromatic rings. The number of hydrogen-bond donors (Lipinski definition) is 0. The molecular formula is C56H33BN2OS2. The third-order valence-corrected chi connectivity index (χ3v) is 15.2. The molecule has 0 atom stereocenters. The van der Waals surface area contributed by atoms with Crippen molar-refractivity contribution in [3.05, 3.63) is 200 Å². The van der Waals surface area contributed by atoms with E-state index in [0.29, 0.717) is 5.56 Å². The molecule has 6 heteroatoms. The van der Waals surface area contributed by atoms with Crippen LogP contribution in [0, 0.1) is 0 Å². The molecule has 0 saturated carbocycles. The van der Waals surface area contributed by atoms with Gasteiger partial charge in [0.25, 0.3) is 6.71 Å². The van der Waals surface area contributed by atoms with E-state index in [1.54, 1.807) is 0 Å². The second kappa shape index (κ2) is 13.1. The number of thiophene rings is 2. The summed E-state index contributed by atoms with van der Waals surface area (Å²) in [5.41, 5.74) is 12.9. The smallest absolute Gasteiger partial charge is 0.264 e. The number of fused-ring (bicyclic) bond motifs is 12. The highest BCUT2D eigenvalue weighted by Gasteiger charge is 2.45. The number of nitrogens with zero attached hydrogens (tertiary/aromatic N) is 2. The normalized spacial score (nSPS) is 14.2. The molecule has 0 radical (unpaired) electrons. The first-order valence-electron chi connectivity index (χ1n) is 23.2. The van der Waals surface area contributed by atoms with Crippen molar-refractivity contribution in [2.75, 3.05) is 9.80 Å². The second-order valence-corrected chi connectivity index (χ2v) is 18.1. The summed E-state index contributed by atoms with van der Waals surface area (Å²) in [7, 11) is 0. The largest absolute Gasteiger partial charge is 0.456 e. The Kier molecular flexibility index (Phi) is 6.27. The van der Waals surface area contributed by atoms with Crippen LogP contribution >= 0.6 is 22.7 Å². The molecule has 5 heterocycles. The Morgan fingerprint density at radius 1 is 0.452 bits per heavy atom. The minimum absolute atomic E-state index is 0.170. The zero-order valence-corrected chi connectivity index (χ0v) is 34.5. The summed E-state index contributed by atoms with van der Waals surface area (Å²) in [5.74, 6) is 0. The zero-order chi connectivity index (χ0) is 44.8. The highest BCUT2D eigenvalue weighted by Crippen LogP contribution is 2.51. The summed E-state index contributed by atoms with van der Waals surface area (Å²) in [6.07, 6.45) is 0. The molecule has 3 aromatic heterocycles. The van der Waals surface area contributed by atoms with Gasteiger partial charge in [-0.1, -0.05) is 133 Å². The van der Waals surface area contributed by atoms with Gasteiger partial charge in [0.1, 0.15) is 11.2 Å². The molecule has 14 rings (SSSR count). The van der Waals surface area contributed by atoms with Crippen molar-refractivity contribution in [1.29, 1.82) is 0 Å². The van der Waals surface area contributed by atoms with Gasteiger partial charge < -0.3 is 14.2 Å². The van der Waals surface area contributed by atoms with E-state index in [0.717, 1.165) is 78.1 Å². The number of anilines is 6. The Bertz CT molecular complexity index is 4080. The molecular weight excluding hydrogens is 792 g/mol. The number of furan rings is 1. The number of para-hydroxylation sites is 1. The molecule has 62 heavy (non-hydrogen) atoms. The van der Waals surface area contributed by atoms with Crippen molar-refractivity contribution in [2.24, 2.45) is 0 Å². The quantitative estimate of drug-likeness (QED) is 0.165. The van der Waals surface area contributed by atoms with E-state index in [1.165, 1.54) is 35.0 Å². The molecule has 0 bridgehead atoms. The fourth-order valence-electron chi connectivity index (χ4n) is 10.1. The van der Waals surface area contributed by atoms with Crippen molar-refractivity contribution in [1.82, 2.24) is 0 Å². The summed E-state index contributed by atoms with van der Waals surface area (Å²) in [6.45, 7) is -0.202. The number of rotatable bonds is 4. The average Bonchev–Trinajstić information content (AvgIpc) is 4.06. The predicted octanol–water partition coefficient (Wildman–Crippen LogP) is 14.6. The Hall–Kier alpha value is -7.38. The van der Waals surface area contributed by atoms with E-state index in [-0.39, 0.29) is 36.4 Å². The molecule has 288 valence electrons. The van der Waals surface area contributed by atoms with Gasteiger partial charge in [-0.2, -0.15) is 0 Å². The Morgan fingerprint density at radius 3 is 2.06 bits per heavy atom. The van der Waals surface area contributed by atoms with Crippen LogP contribution in [0.1, 0.15) is 6.85 Å². The van der Waals surface area contributed by atoms with Crippen molar-refractivity contribution in [2.45, 2.75) is 0 Å². The lowest BCUT2D eigenvalue weighted by molar-refractivity contribution is 0.669. The fraction of sp³-hybridized carbons (Fsp3) is 0. The third kappa shape index (κ3) is 4.87. The molecule has 2 aliphatic rings. The predicted molar refractivity (Wildman–Crippen MR) is 267 cm³/mol. The van der Waals surface area contributed by atoms with Crippen LogP contribution < -0.4 is 25.5 Å².